The van der Waals surface area contributed by atoms with E-state index in [4.69, 9.17) is 0 Å². The summed E-state index contributed by atoms with van der Waals surface area (Å²) in [5.74, 6) is 4.42. The molecular weight excluding hydrogens is 180 g/mol. The molecule has 3 aliphatic rings. The van der Waals surface area contributed by atoms with Crippen LogP contribution >= 0.6 is 0 Å². The van der Waals surface area contributed by atoms with E-state index < -0.39 is 0 Å². The predicted octanol–water partition coefficient (Wildman–Crippen LogP) is 4.05. The van der Waals surface area contributed by atoms with Gasteiger partial charge in [0.25, 0.3) is 0 Å². The fraction of sp³-hybridized carbons (Fsp3) is 0.733. The van der Waals surface area contributed by atoms with Crippen LogP contribution in [0, 0.1) is 35.0 Å². The summed E-state index contributed by atoms with van der Waals surface area (Å²) in [6, 6.07) is 0. The van der Waals surface area contributed by atoms with Crippen molar-refractivity contribution >= 4 is 0 Å². The molecule has 0 saturated heterocycles. The number of allylic oxidation sites excluding steroid dienone is 3. The van der Waals surface area contributed by atoms with Gasteiger partial charge in [0.2, 0.25) is 0 Å². The van der Waals surface area contributed by atoms with Crippen molar-refractivity contribution in [3.8, 4) is 0 Å². The van der Waals surface area contributed by atoms with E-state index in [1.165, 1.54) is 18.4 Å². The Labute approximate surface area is 93.5 Å². The third kappa shape index (κ3) is 1.14. The first-order valence-corrected chi connectivity index (χ1v) is 6.40. The molecule has 5 unspecified atom stereocenters. The second-order valence-electron chi connectivity index (χ2n) is 6.55. The van der Waals surface area contributed by atoms with Crippen LogP contribution in [0.3, 0.4) is 0 Å². The molecule has 3 rings (SSSR count). The van der Waals surface area contributed by atoms with Gasteiger partial charge in [0.15, 0.2) is 0 Å². The van der Waals surface area contributed by atoms with E-state index in [2.05, 4.69) is 39.5 Å². The zero-order valence-electron chi connectivity index (χ0n) is 10.2. The van der Waals surface area contributed by atoms with Gasteiger partial charge < -0.3 is 0 Å². The van der Waals surface area contributed by atoms with Crippen LogP contribution in [0.1, 0.15) is 33.6 Å². The number of rotatable bonds is 0. The van der Waals surface area contributed by atoms with Crippen molar-refractivity contribution in [3.05, 3.63) is 24.3 Å². The summed E-state index contributed by atoms with van der Waals surface area (Å²) in [5, 5.41) is 0. The van der Waals surface area contributed by atoms with Crippen molar-refractivity contribution in [1.82, 2.24) is 0 Å². The highest BCUT2D eigenvalue weighted by molar-refractivity contribution is 5.31. The topological polar surface area (TPSA) is 0 Å². The molecule has 3 aliphatic carbocycles. The second-order valence-corrected chi connectivity index (χ2v) is 6.55. The zero-order chi connectivity index (χ0) is 10.8. The molecule has 82 valence electrons. The van der Waals surface area contributed by atoms with E-state index in [1.807, 2.05) is 0 Å². The van der Waals surface area contributed by atoms with Crippen molar-refractivity contribution < 1.29 is 0 Å². The van der Waals surface area contributed by atoms with Crippen LogP contribution in [-0.4, -0.2) is 0 Å². The van der Waals surface area contributed by atoms with Crippen molar-refractivity contribution in [2.75, 3.05) is 0 Å². The summed E-state index contributed by atoms with van der Waals surface area (Å²) in [6.45, 7) is 11.6. The molecule has 0 aromatic carbocycles. The summed E-state index contributed by atoms with van der Waals surface area (Å²) in [6.07, 6.45) is 7.57. The SMILES string of the molecule is C=C1C=CC2C(C3C(C)CCC13)C2(C)C. The van der Waals surface area contributed by atoms with E-state index in [0.29, 0.717) is 5.41 Å². The monoisotopic (exact) mass is 202 g/mol. The van der Waals surface area contributed by atoms with Gasteiger partial charge in [-0.15, -0.1) is 0 Å². The molecule has 0 amide bonds. The lowest BCUT2D eigenvalue weighted by molar-refractivity contribution is 0.282. The highest BCUT2D eigenvalue weighted by Gasteiger charge is 2.63. The molecule has 2 fully saturated rings. The number of hydrogen-bond acceptors (Lipinski definition) is 0. The molecule has 2 saturated carbocycles. The van der Waals surface area contributed by atoms with Crippen LogP contribution < -0.4 is 0 Å². The molecule has 0 spiro atoms. The lowest BCUT2D eigenvalue weighted by Crippen LogP contribution is -2.18. The Balaban J connectivity index is 1.99. The van der Waals surface area contributed by atoms with Crippen LogP contribution in [0.4, 0.5) is 0 Å². The van der Waals surface area contributed by atoms with E-state index >= 15 is 0 Å². The molecule has 0 aliphatic heterocycles. The third-order valence-corrected chi connectivity index (χ3v) is 5.46. The zero-order valence-corrected chi connectivity index (χ0v) is 10.2. The Morgan fingerprint density at radius 3 is 2.80 bits per heavy atom. The minimum absolute atomic E-state index is 0.568. The fourth-order valence-corrected chi connectivity index (χ4v) is 4.43. The Morgan fingerprint density at radius 1 is 1.33 bits per heavy atom. The lowest BCUT2D eigenvalue weighted by Gasteiger charge is -2.24. The first-order valence-electron chi connectivity index (χ1n) is 6.40. The Bertz CT molecular complexity index is 334. The Kier molecular flexibility index (Phi) is 1.80. The molecule has 0 heteroatoms. The first-order chi connectivity index (χ1) is 7.03. The summed E-state index contributed by atoms with van der Waals surface area (Å²) < 4.78 is 0. The third-order valence-electron chi connectivity index (χ3n) is 5.46. The molecule has 15 heavy (non-hydrogen) atoms. The van der Waals surface area contributed by atoms with Crippen molar-refractivity contribution in [2.24, 2.45) is 35.0 Å². The van der Waals surface area contributed by atoms with Gasteiger partial charge in [-0.05, 0) is 47.8 Å². The Hall–Kier alpha value is -0.520. The van der Waals surface area contributed by atoms with Gasteiger partial charge in [-0.25, -0.2) is 0 Å². The molecule has 0 nitrogen and oxygen atoms in total. The van der Waals surface area contributed by atoms with Crippen molar-refractivity contribution in [1.29, 1.82) is 0 Å². The average Bonchev–Trinajstić information content (AvgIpc) is 2.55. The molecule has 5 atom stereocenters. The quantitative estimate of drug-likeness (QED) is 0.556. The van der Waals surface area contributed by atoms with Crippen molar-refractivity contribution in [3.63, 3.8) is 0 Å². The summed E-state index contributed by atoms with van der Waals surface area (Å²) >= 11 is 0. The van der Waals surface area contributed by atoms with E-state index in [1.54, 1.807) is 0 Å². The summed E-state index contributed by atoms with van der Waals surface area (Å²) in [5.41, 5.74) is 1.98. The molecule has 0 heterocycles. The predicted molar refractivity (Wildman–Crippen MR) is 64.4 cm³/mol. The van der Waals surface area contributed by atoms with Crippen molar-refractivity contribution in [2.45, 2.75) is 33.6 Å². The molecule has 0 radical (unpaired) electrons. The highest BCUT2D eigenvalue weighted by Crippen LogP contribution is 2.68. The van der Waals surface area contributed by atoms with Crippen LogP contribution in [0.2, 0.25) is 0 Å². The Morgan fingerprint density at radius 2 is 2.07 bits per heavy atom. The number of hydrogen-bond donors (Lipinski definition) is 0. The largest absolute Gasteiger partial charge is 0.0955 e. The molecule has 0 aromatic heterocycles. The summed E-state index contributed by atoms with van der Waals surface area (Å²) in [7, 11) is 0. The highest BCUT2D eigenvalue weighted by atomic mass is 14.7. The minimum Gasteiger partial charge on any atom is -0.0955 e. The van der Waals surface area contributed by atoms with E-state index in [0.717, 1.165) is 29.6 Å². The van der Waals surface area contributed by atoms with Gasteiger partial charge >= 0.3 is 0 Å². The van der Waals surface area contributed by atoms with Gasteiger partial charge in [-0.2, -0.15) is 0 Å². The maximum absolute atomic E-state index is 4.27. The normalized spacial score (nSPS) is 50.9. The van der Waals surface area contributed by atoms with E-state index in [9.17, 15) is 0 Å². The van der Waals surface area contributed by atoms with Crippen LogP contribution in [0.15, 0.2) is 24.3 Å². The van der Waals surface area contributed by atoms with Gasteiger partial charge in [0.1, 0.15) is 0 Å². The second kappa shape index (κ2) is 2.78. The first kappa shape index (κ1) is 9.69. The lowest BCUT2D eigenvalue weighted by atomic mass is 9.80. The molecule has 0 N–H and O–H groups in total. The standard InChI is InChI=1S/C15H22/c1-9-6-8-12-14(15(12,3)4)13-10(2)5-7-11(9)13/h6,8,10-14H,1,5,7H2,2-4H3. The smallest absolute Gasteiger partial charge is 0.0134 e. The van der Waals surface area contributed by atoms with Crippen LogP contribution in [0.25, 0.3) is 0 Å². The fourth-order valence-electron chi connectivity index (χ4n) is 4.43. The molecular formula is C15H22. The summed E-state index contributed by atoms with van der Waals surface area (Å²) in [4.78, 5) is 0. The molecule has 0 bridgehead atoms. The van der Waals surface area contributed by atoms with Gasteiger partial charge in [-0.3, -0.25) is 0 Å². The molecule has 0 aromatic rings. The van der Waals surface area contributed by atoms with Crippen LogP contribution in [-0.2, 0) is 0 Å². The maximum Gasteiger partial charge on any atom is -0.0134 e. The van der Waals surface area contributed by atoms with Gasteiger partial charge in [0, 0.05) is 0 Å². The average molecular weight is 202 g/mol. The minimum atomic E-state index is 0.568. The van der Waals surface area contributed by atoms with Crippen LogP contribution in [0.5, 0.6) is 0 Å². The van der Waals surface area contributed by atoms with Gasteiger partial charge in [0.05, 0.1) is 0 Å². The van der Waals surface area contributed by atoms with E-state index in [-0.39, 0.29) is 0 Å². The number of fused-ring (bicyclic) bond motifs is 3. The maximum atomic E-state index is 4.27. The van der Waals surface area contributed by atoms with Gasteiger partial charge in [-0.1, -0.05) is 45.1 Å².